The molecule has 0 spiro atoms. The first-order valence-corrected chi connectivity index (χ1v) is 10.8. The lowest BCUT2D eigenvalue weighted by molar-refractivity contribution is -0.137. The molecule has 178 valence electrons. The van der Waals surface area contributed by atoms with Crippen molar-refractivity contribution in [2.24, 2.45) is 5.92 Å². The second kappa shape index (κ2) is 12.7. The van der Waals surface area contributed by atoms with Crippen molar-refractivity contribution in [3.8, 4) is 5.75 Å². The molecule has 1 aromatic carbocycles. The van der Waals surface area contributed by atoms with Crippen molar-refractivity contribution in [1.29, 1.82) is 0 Å². The summed E-state index contributed by atoms with van der Waals surface area (Å²) in [5.74, 6) is -0.619. The van der Waals surface area contributed by atoms with Gasteiger partial charge in [0.1, 0.15) is 17.4 Å². The van der Waals surface area contributed by atoms with E-state index in [1.807, 2.05) is 13.8 Å². The van der Waals surface area contributed by atoms with Crippen LogP contribution in [0.2, 0.25) is 0 Å². The predicted octanol–water partition coefficient (Wildman–Crippen LogP) is 3.48. The van der Waals surface area contributed by atoms with Crippen LogP contribution in [0.3, 0.4) is 0 Å². The molecule has 32 heavy (non-hydrogen) atoms. The highest BCUT2D eigenvalue weighted by Crippen LogP contribution is 2.13. The van der Waals surface area contributed by atoms with Gasteiger partial charge in [0.2, 0.25) is 5.91 Å². The first-order valence-electron chi connectivity index (χ1n) is 10.8. The van der Waals surface area contributed by atoms with Crippen LogP contribution in [0, 0.1) is 5.92 Å². The molecule has 0 aliphatic rings. The minimum Gasteiger partial charge on any atom is -0.508 e. The number of ether oxygens (including phenoxy) is 2. The second-order valence-electron chi connectivity index (χ2n) is 8.93. The van der Waals surface area contributed by atoms with Gasteiger partial charge in [0.05, 0.1) is 12.6 Å². The topological polar surface area (TPSA) is 114 Å². The zero-order chi connectivity index (χ0) is 24.3. The Morgan fingerprint density at radius 1 is 1.09 bits per heavy atom. The van der Waals surface area contributed by atoms with Crippen molar-refractivity contribution >= 4 is 18.0 Å². The van der Waals surface area contributed by atoms with E-state index in [2.05, 4.69) is 10.6 Å². The molecule has 2 amide bonds. The van der Waals surface area contributed by atoms with Crippen LogP contribution in [0.4, 0.5) is 4.79 Å². The molecule has 2 atom stereocenters. The number of hydrogen-bond donors (Lipinski definition) is 3. The molecule has 0 heterocycles. The number of alkyl carbamates (subject to hydrolysis) is 1. The average molecular weight is 449 g/mol. The molecular weight excluding hydrogens is 412 g/mol. The maximum atomic E-state index is 13.0. The van der Waals surface area contributed by atoms with Crippen LogP contribution in [0.5, 0.6) is 5.75 Å². The maximum Gasteiger partial charge on any atom is 0.408 e. The van der Waals surface area contributed by atoms with Gasteiger partial charge in [-0.3, -0.25) is 4.79 Å². The zero-order valence-electron chi connectivity index (χ0n) is 19.8. The summed E-state index contributed by atoms with van der Waals surface area (Å²) in [6, 6.07) is 5.23. The monoisotopic (exact) mass is 448 g/mol. The van der Waals surface area contributed by atoms with Crippen LogP contribution in [0.15, 0.2) is 36.4 Å². The van der Waals surface area contributed by atoms with Crippen LogP contribution in [0.25, 0.3) is 0 Å². The van der Waals surface area contributed by atoms with Crippen LogP contribution < -0.4 is 10.6 Å². The Labute approximate surface area is 190 Å². The number of phenolic OH excluding ortho intramolecular Hbond substituents is 1. The summed E-state index contributed by atoms with van der Waals surface area (Å²) in [4.78, 5) is 37.0. The maximum absolute atomic E-state index is 13.0. The molecule has 0 saturated heterocycles. The van der Waals surface area contributed by atoms with Gasteiger partial charge in [-0.15, -0.1) is 0 Å². The van der Waals surface area contributed by atoms with Crippen molar-refractivity contribution in [1.82, 2.24) is 10.6 Å². The summed E-state index contributed by atoms with van der Waals surface area (Å²) in [6.07, 6.45) is 2.95. The molecule has 0 aromatic heterocycles. The minimum atomic E-state index is -0.803. The number of hydrogen-bond acceptors (Lipinski definition) is 6. The lowest BCUT2D eigenvalue weighted by Crippen LogP contribution is -2.51. The number of rotatable bonds is 10. The summed E-state index contributed by atoms with van der Waals surface area (Å²) in [5, 5.41) is 15.0. The molecule has 0 radical (unpaired) electrons. The largest absolute Gasteiger partial charge is 0.508 e. The number of amides is 2. The number of esters is 1. The first-order chi connectivity index (χ1) is 14.9. The molecule has 1 aromatic rings. The van der Waals surface area contributed by atoms with Gasteiger partial charge >= 0.3 is 12.1 Å². The molecule has 0 saturated carbocycles. The quantitative estimate of drug-likeness (QED) is 0.373. The standard InChI is InChI=1S/C24H36N2O6/c1-7-31-21(28)13-10-18(15-17-8-11-19(27)12-9-17)25-22(29)20(14-16(2)3)26-23(30)32-24(4,5)6/h8-13,16,18,20,27H,7,14-15H2,1-6H3,(H,25,29)(H,26,30)/b13-10+/t18-,20+/m1/s1. The Balaban J connectivity index is 2.99. The lowest BCUT2D eigenvalue weighted by Gasteiger charge is -2.25. The minimum absolute atomic E-state index is 0.134. The van der Waals surface area contributed by atoms with Gasteiger partial charge < -0.3 is 25.2 Å². The summed E-state index contributed by atoms with van der Waals surface area (Å²) < 4.78 is 10.2. The first kappa shape index (κ1) is 27.0. The van der Waals surface area contributed by atoms with Crippen molar-refractivity contribution in [2.75, 3.05) is 6.61 Å². The van der Waals surface area contributed by atoms with Crippen LogP contribution in [-0.4, -0.2) is 47.4 Å². The van der Waals surface area contributed by atoms with Crippen molar-refractivity contribution in [3.63, 3.8) is 0 Å². The van der Waals surface area contributed by atoms with Crippen LogP contribution >= 0.6 is 0 Å². The van der Waals surface area contributed by atoms with Crippen LogP contribution in [0.1, 0.15) is 53.5 Å². The predicted molar refractivity (Wildman–Crippen MR) is 122 cm³/mol. The van der Waals surface area contributed by atoms with Gasteiger partial charge in [0.15, 0.2) is 0 Å². The smallest absolute Gasteiger partial charge is 0.408 e. The Morgan fingerprint density at radius 3 is 2.25 bits per heavy atom. The molecule has 0 aliphatic carbocycles. The molecule has 0 bridgehead atoms. The third-order valence-electron chi connectivity index (χ3n) is 4.19. The molecule has 0 unspecified atom stereocenters. The lowest BCUT2D eigenvalue weighted by atomic mass is 10.0. The number of benzene rings is 1. The number of aromatic hydroxyl groups is 1. The molecule has 1 rings (SSSR count). The average Bonchev–Trinajstić information content (AvgIpc) is 2.65. The Kier molecular flexibility index (Phi) is 10.7. The highest BCUT2D eigenvalue weighted by atomic mass is 16.6. The van der Waals surface area contributed by atoms with Gasteiger partial charge in [-0.2, -0.15) is 0 Å². The summed E-state index contributed by atoms with van der Waals surface area (Å²) in [5.41, 5.74) is 0.161. The summed E-state index contributed by atoms with van der Waals surface area (Å²) in [6.45, 7) is 11.1. The van der Waals surface area contributed by atoms with E-state index in [0.717, 1.165) is 5.56 Å². The molecule has 8 nitrogen and oxygen atoms in total. The zero-order valence-corrected chi connectivity index (χ0v) is 19.8. The van der Waals surface area contributed by atoms with Gasteiger partial charge in [-0.1, -0.05) is 32.1 Å². The number of nitrogens with one attached hydrogen (secondary N) is 2. The third-order valence-corrected chi connectivity index (χ3v) is 4.19. The number of phenols is 1. The van der Waals surface area contributed by atoms with Gasteiger partial charge in [0, 0.05) is 6.08 Å². The van der Waals surface area contributed by atoms with E-state index in [-0.39, 0.29) is 24.2 Å². The van der Waals surface area contributed by atoms with E-state index in [0.29, 0.717) is 12.8 Å². The Bertz CT molecular complexity index is 781. The fourth-order valence-electron chi connectivity index (χ4n) is 2.87. The van der Waals surface area contributed by atoms with Crippen molar-refractivity contribution in [2.45, 2.75) is 72.1 Å². The van der Waals surface area contributed by atoms with E-state index in [4.69, 9.17) is 9.47 Å². The van der Waals surface area contributed by atoms with E-state index in [9.17, 15) is 19.5 Å². The summed E-state index contributed by atoms with van der Waals surface area (Å²) >= 11 is 0. The van der Waals surface area contributed by atoms with E-state index < -0.39 is 29.7 Å². The highest BCUT2D eigenvalue weighted by molar-refractivity contribution is 5.86. The molecule has 3 N–H and O–H groups in total. The van der Waals surface area contributed by atoms with E-state index in [1.165, 1.54) is 6.08 Å². The Hall–Kier alpha value is -3.03. The Morgan fingerprint density at radius 2 is 1.72 bits per heavy atom. The number of carbonyl (C=O) groups excluding carboxylic acids is 3. The molecule has 0 fully saturated rings. The van der Waals surface area contributed by atoms with Gasteiger partial charge in [-0.05, 0) is 64.2 Å². The summed E-state index contributed by atoms with van der Waals surface area (Å²) in [7, 11) is 0. The van der Waals surface area contributed by atoms with Crippen molar-refractivity contribution in [3.05, 3.63) is 42.0 Å². The fourth-order valence-corrected chi connectivity index (χ4v) is 2.87. The molecule has 8 heteroatoms. The van der Waals surface area contributed by atoms with Crippen LogP contribution in [-0.2, 0) is 25.5 Å². The third kappa shape index (κ3) is 11.4. The molecular formula is C24H36N2O6. The second-order valence-corrected chi connectivity index (χ2v) is 8.93. The van der Waals surface area contributed by atoms with E-state index >= 15 is 0 Å². The highest BCUT2D eigenvalue weighted by Gasteiger charge is 2.26. The van der Waals surface area contributed by atoms with E-state index in [1.54, 1.807) is 58.0 Å². The molecule has 0 aliphatic heterocycles. The van der Waals surface area contributed by atoms with Gasteiger partial charge in [-0.25, -0.2) is 9.59 Å². The normalized spacial score (nSPS) is 13.5. The van der Waals surface area contributed by atoms with Gasteiger partial charge in [0.25, 0.3) is 0 Å². The SMILES string of the molecule is CCOC(=O)/C=C/[C@H](Cc1ccc(O)cc1)NC(=O)[C@H](CC(C)C)NC(=O)OC(C)(C)C. The fraction of sp³-hybridized carbons (Fsp3) is 0.542. The number of carbonyl (C=O) groups is 3. The van der Waals surface area contributed by atoms with Crippen molar-refractivity contribution < 1.29 is 29.0 Å².